The van der Waals surface area contributed by atoms with Gasteiger partial charge in [0.05, 0.1) is 0 Å². The fraction of sp³-hybridized carbons (Fsp3) is 0.923. The molecule has 0 atom stereocenters. The predicted octanol–water partition coefficient (Wildman–Crippen LogP) is 3.15. The molecule has 3 heteroatoms. The number of nitrogens with zero attached hydrogens (tertiary/aromatic N) is 1. The van der Waals surface area contributed by atoms with Gasteiger partial charge in [0.1, 0.15) is 0 Å². The van der Waals surface area contributed by atoms with Crippen molar-refractivity contribution >= 4 is 17.5 Å². The zero-order chi connectivity index (χ0) is 12.6. The molecule has 1 aliphatic carbocycles. The third-order valence-corrected chi connectivity index (χ3v) is 4.79. The summed E-state index contributed by atoms with van der Waals surface area (Å²) >= 11 is 5.68. The summed E-state index contributed by atoms with van der Waals surface area (Å²) in [6, 6.07) is 0. The van der Waals surface area contributed by atoms with Gasteiger partial charge in [0.25, 0.3) is 0 Å². The van der Waals surface area contributed by atoms with E-state index in [4.69, 9.17) is 11.6 Å². The number of alkyl halides is 1. The Morgan fingerprint density at radius 2 is 1.75 bits per heavy atom. The topological polar surface area (TPSA) is 20.3 Å². The first kappa shape index (κ1) is 13.8. The SMILES string of the molecule is CCN(CCCCl)C(=O)C1C(C)(C)C1(C)C. The number of amides is 1. The van der Waals surface area contributed by atoms with Crippen LogP contribution in [0.25, 0.3) is 0 Å². The van der Waals surface area contributed by atoms with Crippen LogP contribution in [0.2, 0.25) is 0 Å². The summed E-state index contributed by atoms with van der Waals surface area (Å²) in [4.78, 5) is 14.3. The molecule has 1 saturated carbocycles. The van der Waals surface area contributed by atoms with Crippen LogP contribution in [0.1, 0.15) is 41.0 Å². The van der Waals surface area contributed by atoms with Gasteiger partial charge in [-0.15, -0.1) is 11.6 Å². The first-order valence-electron chi connectivity index (χ1n) is 6.15. The van der Waals surface area contributed by atoms with Crippen molar-refractivity contribution in [3.05, 3.63) is 0 Å². The molecule has 0 bridgehead atoms. The molecule has 2 nitrogen and oxygen atoms in total. The van der Waals surface area contributed by atoms with Gasteiger partial charge in [0.2, 0.25) is 5.91 Å². The van der Waals surface area contributed by atoms with E-state index in [0.29, 0.717) is 11.8 Å². The Labute approximate surface area is 104 Å². The Bertz CT molecular complexity index is 259. The molecule has 0 spiro atoms. The Morgan fingerprint density at radius 1 is 1.25 bits per heavy atom. The largest absolute Gasteiger partial charge is 0.343 e. The standard InChI is InChI=1S/C13H24ClNO/c1-6-15(9-7-8-14)11(16)10-12(2,3)13(10,4)5/h10H,6-9H2,1-5H3. The minimum Gasteiger partial charge on any atom is -0.343 e. The fourth-order valence-corrected chi connectivity index (χ4v) is 2.79. The van der Waals surface area contributed by atoms with Crippen LogP contribution in [-0.2, 0) is 4.79 Å². The lowest BCUT2D eigenvalue weighted by Crippen LogP contribution is -2.34. The molecule has 0 unspecified atom stereocenters. The first-order chi connectivity index (χ1) is 7.30. The molecular formula is C13H24ClNO. The van der Waals surface area contributed by atoms with Crippen molar-refractivity contribution in [2.45, 2.75) is 41.0 Å². The summed E-state index contributed by atoms with van der Waals surface area (Å²) in [5.41, 5.74) is 0.275. The summed E-state index contributed by atoms with van der Waals surface area (Å²) in [6.45, 7) is 12.4. The molecule has 0 N–H and O–H groups in total. The Hall–Kier alpha value is -0.240. The Morgan fingerprint density at radius 3 is 2.06 bits per heavy atom. The van der Waals surface area contributed by atoms with Crippen LogP contribution in [0, 0.1) is 16.7 Å². The molecule has 0 saturated heterocycles. The minimum absolute atomic E-state index is 0.137. The van der Waals surface area contributed by atoms with E-state index in [0.717, 1.165) is 19.5 Å². The smallest absolute Gasteiger partial charge is 0.226 e. The first-order valence-corrected chi connectivity index (χ1v) is 6.69. The highest BCUT2D eigenvalue weighted by molar-refractivity contribution is 6.17. The second-order valence-electron chi connectivity index (χ2n) is 5.84. The molecule has 0 aromatic carbocycles. The van der Waals surface area contributed by atoms with Crippen LogP contribution in [-0.4, -0.2) is 29.8 Å². The fourth-order valence-electron chi connectivity index (χ4n) is 2.67. The lowest BCUT2D eigenvalue weighted by atomic mass is 10.0. The molecule has 0 aliphatic heterocycles. The Kier molecular flexibility index (Phi) is 3.94. The highest BCUT2D eigenvalue weighted by atomic mass is 35.5. The van der Waals surface area contributed by atoms with Crippen LogP contribution in [0.15, 0.2) is 0 Å². The maximum absolute atomic E-state index is 12.4. The highest BCUT2D eigenvalue weighted by Gasteiger charge is 2.68. The number of carbonyl (C=O) groups is 1. The monoisotopic (exact) mass is 245 g/mol. The number of hydrogen-bond donors (Lipinski definition) is 0. The van der Waals surface area contributed by atoms with Gasteiger partial charge in [-0.1, -0.05) is 27.7 Å². The van der Waals surface area contributed by atoms with E-state index in [1.165, 1.54) is 0 Å². The lowest BCUT2D eigenvalue weighted by Gasteiger charge is -2.21. The van der Waals surface area contributed by atoms with E-state index < -0.39 is 0 Å². The molecule has 1 rings (SSSR count). The summed E-state index contributed by atoms with van der Waals surface area (Å²) in [5.74, 6) is 1.11. The van der Waals surface area contributed by atoms with Crippen LogP contribution < -0.4 is 0 Å². The predicted molar refractivity (Wildman–Crippen MR) is 68.6 cm³/mol. The lowest BCUT2D eigenvalue weighted by molar-refractivity contribution is -0.133. The van der Waals surface area contributed by atoms with Crippen molar-refractivity contribution in [2.75, 3.05) is 19.0 Å². The van der Waals surface area contributed by atoms with Crippen molar-refractivity contribution in [1.82, 2.24) is 4.90 Å². The van der Waals surface area contributed by atoms with Crippen molar-refractivity contribution in [1.29, 1.82) is 0 Å². The quantitative estimate of drug-likeness (QED) is 0.682. The second-order valence-corrected chi connectivity index (χ2v) is 6.21. The third-order valence-electron chi connectivity index (χ3n) is 4.52. The van der Waals surface area contributed by atoms with Crippen molar-refractivity contribution in [3.8, 4) is 0 Å². The van der Waals surface area contributed by atoms with Crippen LogP contribution in [0.4, 0.5) is 0 Å². The second kappa shape index (κ2) is 4.56. The molecule has 0 aromatic rings. The van der Waals surface area contributed by atoms with E-state index in [1.807, 2.05) is 11.8 Å². The van der Waals surface area contributed by atoms with Gasteiger partial charge in [0.15, 0.2) is 0 Å². The van der Waals surface area contributed by atoms with Crippen LogP contribution in [0.5, 0.6) is 0 Å². The van der Waals surface area contributed by atoms with Crippen molar-refractivity contribution < 1.29 is 4.79 Å². The molecule has 0 aromatic heterocycles. The normalized spacial score (nSPS) is 21.9. The molecule has 1 amide bonds. The summed E-state index contributed by atoms with van der Waals surface area (Å²) in [6.07, 6.45) is 0.884. The van der Waals surface area contributed by atoms with E-state index in [9.17, 15) is 4.79 Å². The molecule has 16 heavy (non-hydrogen) atoms. The Balaban J connectivity index is 2.64. The van der Waals surface area contributed by atoms with E-state index in [-0.39, 0.29) is 16.7 Å². The number of hydrogen-bond acceptors (Lipinski definition) is 1. The molecule has 0 heterocycles. The van der Waals surface area contributed by atoms with Gasteiger partial charge in [-0.25, -0.2) is 0 Å². The third kappa shape index (κ3) is 2.09. The molecule has 94 valence electrons. The number of halogens is 1. The van der Waals surface area contributed by atoms with E-state index in [2.05, 4.69) is 27.7 Å². The van der Waals surface area contributed by atoms with Crippen molar-refractivity contribution in [3.63, 3.8) is 0 Å². The minimum atomic E-state index is 0.137. The zero-order valence-electron chi connectivity index (χ0n) is 11.1. The van der Waals surface area contributed by atoms with E-state index >= 15 is 0 Å². The molecule has 1 aliphatic rings. The van der Waals surface area contributed by atoms with Crippen molar-refractivity contribution in [2.24, 2.45) is 16.7 Å². The average Bonchev–Trinajstić information content (AvgIpc) is 2.58. The van der Waals surface area contributed by atoms with E-state index in [1.54, 1.807) is 0 Å². The van der Waals surface area contributed by atoms with Gasteiger partial charge in [-0.05, 0) is 24.2 Å². The van der Waals surface area contributed by atoms with Gasteiger partial charge in [-0.3, -0.25) is 4.79 Å². The number of rotatable bonds is 5. The molecule has 0 radical (unpaired) electrons. The van der Waals surface area contributed by atoms with Gasteiger partial charge < -0.3 is 4.90 Å². The average molecular weight is 246 g/mol. The van der Waals surface area contributed by atoms with Gasteiger partial charge in [0, 0.05) is 24.9 Å². The van der Waals surface area contributed by atoms with Gasteiger partial charge >= 0.3 is 0 Å². The van der Waals surface area contributed by atoms with Crippen LogP contribution >= 0.6 is 11.6 Å². The number of carbonyl (C=O) groups excluding carboxylic acids is 1. The van der Waals surface area contributed by atoms with Crippen LogP contribution in [0.3, 0.4) is 0 Å². The summed E-state index contributed by atoms with van der Waals surface area (Å²) < 4.78 is 0. The van der Waals surface area contributed by atoms with Gasteiger partial charge in [-0.2, -0.15) is 0 Å². The summed E-state index contributed by atoms with van der Waals surface area (Å²) in [7, 11) is 0. The highest BCUT2D eigenvalue weighted by Crippen LogP contribution is 2.68. The maximum atomic E-state index is 12.4. The summed E-state index contributed by atoms with van der Waals surface area (Å²) in [5, 5.41) is 0. The molecular weight excluding hydrogens is 222 g/mol. The zero-order valence-corrected chi connectivity index (χ0v) is 11.9. The maximum Gasteiger partial charge on any atom is 0.226 e. The molecule has 1 fully saturated rings.